The van der Waals surface area contributed by atoms with Gasteiger partial charge in [-0.25, -0.2) is 0 Å². The number of hydrogen-bond acceptors (Lipinski definition) is 3. The van der Waals surface area contributed by atoms with E-state index in [4.69, 9.17) is 11.6 Å². The summed E-state index contributed by atoms with van der Waals surface area (Å²) < 4.78 is 0. The Kier molecular flexibility index (Phi) is 6.45. The molecular weight excluding hydrogens is 313 g/mol. The van der Waals surface area contributed by atoms with Gasteiger partial charge in [-0.3, -0.25) is 9.59 Å². The van der Waals surface area contributed by atoms with Crippen molar-refractivity contribution >= 4 is 47.2 Å². The predicted octanol–water partition coefficient (Wildman–Crippen LogP) is 2.51. The maximum Gasteiger partial charge on any atom is 0.227 e. The number of rotatable bonds is 4. The highest BCUT2D eigenvalue weighted by Gasteiger charge is 2.28. The van der Waals surface area contributed by atoms with Crippen molar-refractivity contribution in [2.45, 2.75) is 13.8 Å². The van der Waals surface area contributed by atoms with Gasteiger partial charge in [0.15, 0.2) is 0 Å². The molecule has 0 saturated carbocycles. The Morgan fingerprint density at radius 1 is 1.33 bits per heavy atom. The third-order valence-corrected chi connectivity index (χ3v) is 3.81. The molecule has 1 aromatic carbocycles. The average Bonchev–Trinajstić information content (AvgIpc) is 2.30. The zero-order valence-electron chi connectivity index (χ0n) is 11.9. The Balaban J connectivity index is 0.00000220. The molecule has 21 heavy (non-hydrogen) atoms. The third kappa shape index (κ3) is 4.59. The minimum atomic E-state index is -0.204. The molecule has 1 aliphatic heterocycles. The fourth-order valence-corrected chi connectivity index (χ4v) is 2.19. The first-order valence-electron chi connectivity index (χ1n) is 6.56. The molecule has 0 aliphatic carbocycles. The maximum atomic E-state index is 12.1. The molecule has 0 bridgehead atoms. The van der Waals surface area contributed by atoms with Gasteiger partial charge in [-0.05, 0) is 37.2 Å². The zero-order chi connectivity index (χ0) is 14.7. The van der Waals surface area contributed by atoms with E-state index in [9.17, 15) is 9.59 Å². The van der Waals surface area contributed by atoms with E-state index >= 15 is 0 Å². The van der Waals surface area contributed by atoms with Crippen LogP contribution >= 0.6 is 24.0 Å². The van der Waals surface area contributed by atoms with Crippen LogP contribution in [-0.2, 0) is 9.59 Å². The van der Waals surface area contributed by atoms with Crippen molar-refractivity contribution in [3.8, 4) is 0 Å². The second kappa shape index (κ2) is 7.64. The van der Waals surface area contributed by atoms with Crippen LogP contribution < -0.4 is 16.0 Å². The molecule has 1 unspecified atom stereocenters. The smallest absolute Gasteiger partial charge is 0.227 e. The summed E-state index contributed by atoms with van der Waals surface area (Å²) in [6.45, 7) is 5.09. The molecule has 2 amide bonds. The first-order chi connectivity index (χ1) is 9.47. The highest BCUT2D eigenvalue weighted by molar-refractivity contribution is 6.33. The number of nitrogens with one attached hydrogen (secondary N) is 3. The monoisotopic (exact) mass is 331 g/mol. The lowest BCUT2D eigenvalue weighted by molar-refractivity contribution is -0.121. The summed E-state index contributed by atoms with van der Waals surface area (Å²) in [6, 6.07) is 5.03. The highest BCUT2D eigenvalue weighted by atomic mass is 35.5. The number of hydrogen-bond donors (Lipinski definition) is 3. The van der Waals surface area contributed by atoms with Gasteiger partial charge in [0.2, 0.25) is 11.8 Å². The summed E-state index contributed by atoms with van der Waals surface area (Å²) in [5.41, 5.74) is 1.12. The quantitative estimate of drug-likeness (QED) is 0.793. The van der Waals surface area contributed by atoms with Crippen molar-refractivity contribution in [2.24, 2.45) is 11.8 Å². The van der Waals surface area contributed by atoms with E-state index in [1.54, 1.807) is 18.2 Å². The number of benzene rings is 1. The molecule has 1 aliphatic rings. The summed E-state index contributed by atoms with van der Waals surface area (Å²) in [4.78, 5) is 23.2. The molecule has 2 rings (SSSR count). The summed E-state index contributed by atoms with van der Waals surface area (Å²) in [5.74, 6) is 0.116. The molecule has 0 radical (unpaired) electrons. The lowest BCUT2D eigenvalue weighted by atomic mass is 9.88. The van der Waals surface area contributed by atoms with Crippen LogP contribution in [0.3, 0.4) is 0 Å². The van der Waals surface area contributed by atoms with Crippen molar-refractivity contribution in [1.29, 1.82) is 0 Å². The SMILES string of the molecule is CC(=O)Nc1cc(NC(=O)C(C)C2CNC2)ccc1Cl.Cl. The van der Waals surface area contributed by atoms with E-state index in [-0.39, 0.29) is 30.1 Å². The molecule has 1 atom stereocenters. The number of amides is 2. The van der Waals surface area contributed by atoms with Crippen LogP contribution in [0.15, 0.2) is 18.2 Å². The maximum absolute atomic E-state index is 12.1. The van der Waals surface area contributed by atoms with Crippen molar-refractivity contribution in [1.82, 2.24) is 5.32 Å². The van der Waals surface area contributed by atoms with Gasteiger partial charge in [-0.15, -0.1) is 12.4 Å². The standard InChI is InChI=1S/C14H18ClN3O2.ClH/c1-8(10-6-16-7-10)14(20)18-11-3-4-12(15)13(5-11)17-9(2)19;/h3-5,8,10,16H,6-7H2,1-2H3,(H,17,19)(H,18,20);1H. The molecule has 7 heteroatoms. The molecule has 0 spiro atoms. The first kappa shape index (κ1) is 17.8. The van der Waals surface area contributed by atoms with Crippen LogP contribution in [0.5, 0.6) is 0 Å². The molecule has 116 valence electrons. The average molecular weight is 332 g/mol. The normalized spacial score (nSPS) is 15.4. The van der Waals surface area contributed by atoms with Crippen LogP contribution in [0.4, 0.5) is 11.4 Å². The fourth-order valence-electron chi connectivity index (χ4n) is 2.02. The van der Waals surface area contributed by atoms with Crippen LogP contribution in [0.25, 0.3) is 0 Å². The van der Waals surface area contributed by atoms with Crippen molar-refractivity contribution < 1.29 is 9.59 Å². The summed E-state index contributed by atoms with van der Waals surface area (Å²) in [7, 11) is 0. The second-order valence-electron chi connectivity index (χ2n) is 5.07. The van der Waals surface area contributed by atoms with E-state index < -0.39 is 0 Å². The van der Waals surface area contributed by atoms with E-state index in [0.29, 0.717) is 22.3 Å². The third-order valence-electron chi connectivity index (χ3n) is 3.48. The van der Waals surface area contributed by atoms with Gasteiger partial charge in [-0.1, -0.05) is 18.5 Å². The predicted molar refractivity (Wildman–Crippen MR) is 87.2 cm³/mol. The van der Waals surface area contributed by atoms with Gasteiger partial charge >= 0.3 is 0 Å². The minimum Gasteiger partial charge on any atom is -0.326 e. The fraction of sp³-hybridized carbons (Fsp3) is 0.429. The van der Waals surface area contributed by atoms with Crippen LogP contribution in [0, 0.1) is 11.8 Å². The molecule has 1 heterocycles. The van der Waals surface area contributed by atoms with Gasteiger partial charge in [0.05, 0.1) is 10.7 Å². The summed E-state index contributed by atoms with van der Waals surface area (Å²) >= 11 is 5.99. The second-order valence-corrected chi connectivity index (χ2v) is 5.48. The summed E-state index contributed by atoms with van der Waals surface area (Å²) in [6.07, 6.45) is 0. The molecule has 1 fully saturated rings. The van der Waals surface area contributed by atoms with Crippen LogP contribution in [-0.4, -0.2) is 24.9 Å². The molecule has 1 saturated heterocycles. The Hall–Kier alpha value is -1.30. The number of anilines is 2. The number of carbonyl (C=O) groups excluding carboxylic acids is 2. The molecule has 1 aromatic rings. The van der Waals surface area contributed by atoms with Gasteiger partial charge < -0.3 is 16.0 Å². The summed E-state index contributed by atoms with van der Waals surface area (Å²) in [5, 5.41) is 9.08. The van der Waals surface area contributed by atoms with Crippen LogP contribution in [0.1, 0.15) is 13.8 Å². The Bertz CT molecular complexity index is 533. The van der Waals surface area contributed by atoms with Gasteiger partial charge in [0.25, 0.3) is 0 Å². The van der Waals surface area contributed by atoms with Gasteiger partial charge in [0, 0.05) is 18.5 Å². The topological polar surface area (TPSA) is 70.2 Å². The lowest BCUT2D eigenvalue weighted by Gasteiger charge is -2.31. The van der Waals surface area contributed by atoms with Crippen molar-refractivity contribution in [2.75, 3.05) is 23.7 Å². The van der Waals surface area contributed by atoms with E-state index in [1.165, 1.54) is 6.92 Å². The Morgan fingerprint density at radius 2 is 2.00 bits per heavy atom. The lowest BCUT2D eigenvalue weighted by Crippen LogP contribution is -2.48. The minimum absolute atomic E-state index is 0. The number of carbonyl (C=O) groups is 2. The highest BCUT2D eigenvalue weighted by Crippen LogP contribution is 2.26. The largest absolute Gasteiger partial charge is 0.326 e. The van der Waals surface area contributed by atoms with Gasteiger partial charge in [-0.2, -0.15) is 0 Å². The molecule has 0 aromatic heterocycles. The van der Waals surface area contributed by atoms with Gasteiger partial charge in [0.1, 0.15) is 0 Å². The van der Waals surface area contributed by atoms with E-state index in [2.05, 4.69) is 16.0 Å². The number of halogens is 2. The molecule has 5 nitrogen and oxygen atoms in total. The van der Waals surface area contributed by atoms with E-state index in [0.717, 1.165) is 13.1 Å². The van der Waals surface area contributed by atoms with E-state index in [1.807, 2.05) is 6.92 Å². The Morgan fingerprint density at radius 3 is 2.52 bits per heavy atom. The van der Waals surface area contributed by atoms with Crippen molar-refractivity contribution in [3.63, 3.8) is 0 Å². The molecule has 3 N–H and O–H groups in total. The molecular formula is C14H19Cl2N3O2. The van der Waals surface area contributed by atoms with Crippen LogP contribution in [0.2, 0.25) is 5.02 Å². The zero-order valence-corrected chi connectivity index (χ0v) is 13.5. The van der Waals surface area contributed by atoms with Crippen molar-refractivity contribution in [3.05, 3.63) is 23.2 Å². The Labute approximate surface area is 135 Å². The first-order valence-corrected chi connectivity index (χ1v) is 6.94.